The lowest BCUT2D eigenvalue weighted by molar-refractivity contribution is -0.211. The van der Waals surface area contributed by atoms with Crippen molar-refractivity contribution in [1.29, 1.82) is 0 Å². The molecule has 0 radical (unpaired) electrons. The van der Waals surface area contributed by atoms with E-state index in [9.17, 15) is 19.2 Å². The molecule has 1 aliphatic heterocycles. The first-order chi connectivity index (χ1) is 15.4. The second-order valence-corrected chi connectivity index (χ2v) is 10.0. The molecule has 0 saturated carbocycles. The highest BCUT2D eigenvalue weighted by molar-refractivity contribution is 6.68. The van der Waals surface area contributed by atoms with Crippen molar-refractivity contribution in [3.63, 3.8) is 0 Å². The van der Waals surface area contributed by atoms with E-state index in [1.165, 1.54) is 19.2 Å². The van der Waals surface area contributed by atoms with Crippen molar-refractivity contribution in [2.75, 3.05) is 20.3 Å². The molecule has 10 nitrogen and oxygen atoms in total. The number of nitrogens with one attached hydrogen (secondary N) is 1. The molecule has 1 unspecified atom stereocenters. The van der Waals surface area contributed by atoms with Crippen LogP contribution in [-0.2, 0) is 14.4 Å². The lowest BCUT2D eigenvalue weighted by Gasteiger charge is -2.31. The summed E-state index contributed by atoms with van der Waals surface area (Å²) >= 11 is 17.0. The Morgan fingerprint density at radius 3 is 2.33 bits per heavy atom. The van der Waals surface area contributed by atoms with Crippen molar-refractivity contribution in [3.8, 4) is 5.75 Å². The van der Waals surface area contributed by atoms with Gasteiger partial charge in [0.2, 0.25) is 3.79 Å². The highest BCUT2D eigenvalue weighted by Crippen LogP contribution is 2.30. The number of hydrazine groups is 1. The van der Waals surface area contributed by atoms with Crippen molar-refractivity contribution < 1.29 is 33.5 Å². The molecule has 1 aromatic carbocycles. The number of Topliss-reactive ketones (excluding diaryl/α,β-unsaturated/α-hetero) is 1. The number of alkyl halides is 3. The maximum atomic E-state index is 13.3. The third-order valence-electron chi connectivity index (χ3n) is 4.41. The van der Waals surface area contributed by atoms with Crippen molar-refractivity contribution >= 4 is 58.7 Å². The maximum absolute atomic E-state index is 13.3. The molecule has 1 fully saturated rings. The second-order valence-electron chi connectivity index (χ2n) is 7.50. The molecule has 1 N–H and O–H groups in total. The Labute approximate surface area is 205 Å². The van der Waals surface area contributed by atoms with Gasteiger partial charge in [-0.25, -0.2) is 19.9 Å². The second kappa shape index (κ2) is 11.7. The number of cyclic esters (lactones) is 1. The number of ketones is 1. The number of imide groups is 1. The van der Waals surface area contributed by atoms with Crippen molar-refractivity contribution in [2.24, 2.45) is 5.92 Å². The zero-order chi connectivity index (χ0) is 24.8. The molecule has 1 heterocycles. The Bertz CT molecular complexity index is 875. The third-order valence-corrected chi connectivity index (χ3v) is 4.81. The lowest BCUT2D eigenvalue weighted by atomic mass is 9.96. The molecule has 0 aromatic heterocycles. The SMILES string of the molecule is COc1ccc(C(=O)C(CC(C)C)N(NC(=O)N2CCOC2=O)OC(=O)CC(Cl)(Cl)Cl)cc1. The monoisotopic (exact) mass is 523 g/mol. The smallest absolute Gasteiger partial charge is 0.418 e. The number of halogens is 3. The van der Waals surface area contributed by atoms with E-state index in [1.54, 1.807) is 12.1 Å². The van der Waals surface area contributed by atoms with Gasteiger partial charge in [-0.3, -0.25) is 9.59 Å². The van der Waals surface area contributed by atoms with E-state index in [-0.39, 0.29) is 31.1 Å². The zero-order valence-electron chi connectivity index (χ0n) is 18.2. The fourth-order valence-electron chi connectivity index (χ4n) is 2.91. The maximum Gasteiger partial charge on any atom is 0.418 e. The summed E-state index contributed by atoms with van der Waals surface area (Å²) in [7, 11) is 1.49. The molecule has 0 aliphatic carbocycles. The van der Waals surface area contributed by atoms with Crippen LogP contribution < -0.4 is 10.2 Å². The van der Waals surface area contributed by atoms with Gasteiger partial charge in [0, 0.05) is 5.56 Å². The average Bonchev–Trinajstić information content (AvgIpc) is 3.15. The van der Waals surface area contributed by atoms with Gasteiger partial charge in [-0.05, 0) is 41.8 Å². The topological polar surface area (TPSA) is 114 Å². The van der Waals surface area contributed by atoms with Crippen LogP contribution in [0.25, 0.3) is 0 Å². The van der Waals surface area contributed by atoms with Crippen LogP contribution in [0.5, 0.6) is 5.75 Å². The van der Waals surface area contributed by atoms with E-state index in [4.69, 9.17) is 49.1 Å². The lowest BCUT2D eigenvalue weighted by Crippen LogP contribution is -2.56. The van der Waals surface area contributed by atoms with Crippen LogP contribution in [-0.4, -0.2) is 64.0 Å². The fourth-order valence-corrected chi connectivity index (χ4v) is 3.23. The minimum atomic E-state index is -1.96. The molecular weight excluding hydrogens is 501 g/mol. The van der Waals surface area contributed by atoms with E-state index < -0.39 is 40.1 Å². The highest BCUT2D eigenvalue weighted by atomic mass is 35.6. The molecule has 1 atom stereocenters. The summed E-state index contributed by atoms with van der Waals surface area (Å²) in [5.41, 5.74) is 2.56. The highest BCUT2D eigenvalue weighted by Gasteiger charge is 2.37. The van der Waals surface area contributed by atoms with Gasteiger partial charge in [0.05, 0.1) is 20.1 Å². The number of hydrogen-bond acceptors (Lipinski definition) is 8. The van der Waals surface area contributed by atoms with Gasteiger partial charge in [-0.2, -0.15) is 0 Å². The van der Waals surface area contributed by atoms with E-state index in [0.29, 0.717) is 10.9 Å². The molecule has 33 heavy (non-hydrogen) atoms. The molecule has 1 aromatic rings. The van der Waals surface area contributed by atoms with Gasteiger partial charge < -0.3 is 14.3 Å². The number of nitrogens with zero attached hydrogens (tertiary/aromatic N) is 2. The van der Waals surface area contributed by atoms with Crippen molar-refractivity contribution in [2.45, 2.75) is 36.5 Å². The van der Waals surface area contributed by atoms with Gasteiger partial charge in [0.1, 0.15) is 18.4 Å². The van der Waals surface area contributed by atoms with Crippen molar-refractivity contribution in [1.82, 2.24) is 15.5 Å². The largest absolute Gasteiger partial charge is 0.497 e. The van der Waals surface area contributed by atoms with E-state index in [1.807, 2.05) is 13.8 Å². The van der Waals surface area contributed by atoms with Gasteiger partial charge >= 0.3 is 18.1 Å². The Balaban J connectivity index is 2.35. The number of carbonyl (C=O) groups excluding carboxylic acids is 4. The number of methoxy groups -OCH3 is 1. The standard InChI is InChI=1S/C20H24Cl3N3O7/c1-12(2)10-15(17(28)13-4-6-14(31-3)7-5-13)26(33-16(27)11-20(21,22)23)24-18(29)25-8-9-32-19(25)30/h4-7,12,15H,8-11H2,1-3H3,(H,24,29). The molecule has 0 bridgehead atoms. The summed E-state index contributed by atoms with van der Waals surface area (Å²) in [6.45, 7) is 3.69. The molecule has 0 spiro atoms. The third kappa shape index (κ3) is 8.22. The molecule has 2 rings (SSSR count). The Morgan fingerprint density at radius 1 is 1.21 bits per heavy atom. The van der Waals surface area contributed by atoms with E-state index in [0.717, 1.165) is 4.90 Å². The van der Waals surface area contributed by atoms with Crippen LogP contribution in [0.3, 0.4) is 0 Å². The summed E-state index contributed by atoms with van der Waals surface area (Å²) < 4.78 is 7.89. The number of rotatable bonds is 9. The summed E-state index contributed by atoms with van der Waals surface area (Å²) in [6, 6.07) is 4.16. The number of carbonyl (C=O) groups is 4. The van der Waals surface area contributed by atoms with E-state index >= 15 is 0 Å². The first-order valence-electron chi connectivity index (χ1n) is 9.91. The predicted octanol–water partition coefficient (Wildman–Crippen LogP) is 3.89. The Morgan fingerprint density at radius 2 is 1.85 bits per heavy atom. The predicted molar refractivity (Wildman–Crippen MR) is 120 cm³/mol. The van der Waals surface area contributed by atoms with Crippen LogP contribution in [0, 0.1) is 5.92 Å². The molecule has 1 aliphatic rings. The zero-order valence-corrected chi connectivity index (χ0v) is 20.4. The van der Waals surface area contributed by atoms with Gasteiger partial charge in [0.15, 0.2) is 5.78 Å². The minimum absolute atomic E-state index is 0.0120. The molecule has 1 saturated heterocycles. The van der Waals surface area contributed by atoms with Crippen LogP contribution >= 0.6 is 34.8 Å². The number of urea groups is 1. The van der Waals surface area contributed by atoms with Gasteiger partial charge in [0.25, 0.3) is 0 Å². The first-order valence-corrected chi connectivity index (χ1v) is 11.0. The molecule has 3 amide bonds. The normalized spacial score (nSPS) is 14.8. The van der Waals surface area contributed by atoms with Crippen LogP contribution in [0.4, 0.5) is 9.59 Å². The summed E-state index contributed by atoms with van der Waals surface area (Å²) in [5.74, 6) is -0.994. The summed E-state index contributed by atoms with van der Waals surface area (Å²) in [6.07, 6.45) is -1.35. The Hall–Kier alpha value is -2.27. The number of hydrogen-bond donors (Lipinski definition) is 1. The number of ether oxygens (including phenoxy) is 2. The van der Waals surface area contributed by atoms with Crippen LogP contribution in [0.2, 0.25) is 0 Å². The Kier molecular flexibility index (Phi) is 9.59. The van der Waals surface area contributed by atoms with Crippen LogP contribution in [0.1, 0.15) is 37.0 Å². The van der Waals surface area contributed by atoms with Crippen LogP contribution in [0.15, 0.2) is 24.3 Å². The quantitative estimate of drug-likeness (QED) is 0.294. The minimum Gasteiger partial charge on any atom is -0.497 e. The molecular formula is C20H24Cl3N3O7. The molecule has 182 valence electrons. The van der Waals surface area contributed by atoms with E-state index in [2.05, 4.69) is 5.43 Å². The van der Waals surface area contributed by atoms with Gasteiger partial charge in [-0.15, -0.1) is 0 Å². The number of amides is 3. The van der Waals surface area contributed by atoms with Gasteiger partial charge in [-0.1, -0.05) is 48.7 Å². The average molecular weight is 525 g/mol. The van der Waals surface area contributed by atoms with Crippen molar-refractivity contribution in [3.05, 3.63) is 29.8 Å². The number of hydroxylamine groups is 1. The number of benzene rings is 1. The first kappa shape index (κ1) is 27.0. The molecule has 13 heteroatoms. The summed E-state index contributed by atoms with van der Waals surface area (Å²) in [4.78, 5) is 56.1. The fraction of sp³-hybridized carbons (Fsp3) is 0.500. The summed E-state index contributed by atoms with van der Waals surface area (Å²) in [5, 5.41) is 0.694.